The van der Waals surface area contributed by atoms with Gasteiger partial charge in [0.1, 0.15) is 23.6 Å². The Labute approximate surface area is 162 Å². The normalized spacial score (nSPS) is 11.5. The molecule has 0 spiro atoms. The van der Waals surface area contributed by atoms with Crippen molar-refractivity contribution in [1.29, 1.82) is 0 Å². The average molecular weight is 384 g/mol. The summed E-state index contributed by atoms with van der Waals surface area (Å²) in [5, 5.41) is 6.23. The average Bonchev–Trinajstić information content (AvgIpc) is 3.18. The molecular weight excluding hydrogens is 362 g/mol. The number of hydrogen-bond donors (Lipinski definition) is 2. The monoisotopic (exact) mass is 384 g/mol. The van der Waals surface area contributed by atoms with Gasteiger partial charge in [0.25, 0.3) is 0 Å². The lowest BCUT2D eigenvalue weighted by Crippen LogP contribution is -2.38. The summed E-state index contributed by atoms with van der Waals surface area (Å²) in [5.41, 5.74) is 1.93. The van der Waals surface area contributed by atoms with Gasteiger partial charge in [-0.25, -0.2) is 18.8 Å². The highest BCUT2D eigenvalue weighted by Crippen LogP contribution is 2.18. The Morgan fingerprint density at radius 3 is 2.71 bits per heavy atom. The smallest absolute Gasteiger partial charge is 0.226 e. The van der Waals surface area contributed by atoms with Crippen molar-refractivity contribution in [2.75, 3.05) is 13.1 Å². The van der Waals surface area contributed by atoms with Crippen LogP contribution < -0.4 is 10.6 Å². The van der Waals surface area contributed by atoms with Crippen LogP contribution in [0.3, 0.4) is 0 Å². The largest absolute Gasteiger partial charge is 0.444 e. The van der Waals surface area contributed by atoms with E-state index in [0.29, 0.717) is 49.2 Å². The fraction of sp³-hybridized carbons (Fsp3) is 0.238. The van der Waals surface area contributed by atoms with Gasteiger partial charge in [0.05, 0.1) is 6.54 Å². The molecule has 0 aliphatic heterocycles. The summed E-state index contributed by atoms with van der Waals surface area (Å²) >= 11 is 0. The summed E-state index contributed by atoms with van der Waals surface area (Å²) < 4.78 is 32.5. The Morgan fingerprint density at radius 1 is 1.11 bits per heavy atom. The van der Waals surface area contributed by atoms with Crippen molar-refractivity contribution in [2.45, 2.75) is 19.9 Å². The Morgan fingerprint density at radius 2 is 1.93 bits per heavy atom. The number of guanidine groups is 1. The fourth-order valence-corrected chi connectivity index (χ4v) is 2.65. The third kappa shape index (κ3) is 5.39. The highest BCUT2D eigenvalue weighted by Gasteiger charge is 2.07. The molecule has 0 aliphatic carbocycles. The fourth-order valence-electron chi connectivity index (χ4n) is 2.65. The first-order valence-electron chi connectivity index (χ1n) is 9.11. The Balaban J connectivity index is 1.58. The Kier molecular flexibility index (Phi) is 6.73. The molecule has 0 amide bonds. The lowest BCUT2D eigenvalue weighted by molar-refractivity contribution is 0.572. The van der Waals surface area contributed by atoms with Gasteiger partial charge in [0.2, 0.25) is 5.89 Å². The molecule has 28 heavy (non-hydrogen) atoms. The number of nitrogens with zero attached hydrogens (tertiary/aromatic N) is 2. The molecule has 1 aromatic heterocycles. The molecule has 0 atom stereocenters. The van der Waals surface area contributed by atoms with E-state index in [1.54, 1.807) is 6.26 Å². The Bertz CT molecular complexity index is 925. The summed E-state index contributed by atoms with van der Waals surface area (Å²) in [6.45, 7) is 3.38. The molecule has 0 aliphatic rings. The van der Waals surface area contributed by atoms with Gasteiger partial charge in [-0.2, -0.15) is 0 Å². The van der Waals surface area contributed by atoms with E-state index in [0.717, 1.165) is 17.7 Å². The van der Waals surface area contributed by atoms with Crippen molar-refractivity contribution in [3.05, 3.63) is 77.7 Å². The lowest BCUT2D eigenvalue weighted by Gasteiger charge is -2.11. The highest BCUT2D eigenvalue weighted by molar-refractivity contribution is 5.79. The van der Waals surface area contributed by atoms with Gasteiger partial charge >= 0.3 is 0 Å². The minimum Gasteiger partial charge on any atom is -0.444 e. The quantitative estimate of drug-likeness (QED) is 0.479. The van der Waals surface area contributed by atoms with Crippen LogP contribution in [0.2, 0.25) is 0 Å². The van der Waals surface area contributed by atoms with Crippen molar-refractivity contribution < 1.29 is 13.2 Å². The van der Waals surface area contributed by atoms with E-state index in [1.807, 2.05) is 37.3 Å². The number of benzene rings is 2. The predicted octanol–water partition coefficient (Wildman–Crippen LogP) is 3.92. The molecule has 0 saturated heterocycles. The third-order valence-electron chi connectivity index (χ3n) is 4.01. The van der Waals surface area contributed by atoms with Gasteiger partial charge in [-0.1, -0.05) is 18.2 Å². The molecule has 0 saturated carbocycles. The number of aliphatic imine (C=N–C) groups is 1. The number of oxazole rings is 1. The molecule has 0 unspecified atom stereocenters. The predicted molar refractivity (Wildman–Crippen MR) is 105 cm³/mol. The molecule has 1 heterocycles. The van der Waals surface area contributed by atoms with Crippen LogP contribution in [0.15, 0.2) is 64.2 Å². The van der Waals surface area contributed by atoms with E-state index < -0.39 is 11.6 Å². The first-order valence-corrected chi connectivity index (χ1v) is 9.11. The molecule has 0 radical (unpaired) electrons. The van der Waals surface area contributed by atoms with Crippen molar-refractivity contribution in [1.82, 2.24) is 15.6 Å². The minimum absolute atomic E-state index is 0.326. The van der Waals surface area contributed by atoms with E-state index >= 15 is 0 Å². The van der Waals surface area contributed by atoms with Crippen molar-refractivity contribution in [3.63, 3.8) is 0 Å². The molecule has 2 aromatic carbocycles. The zero-order valence-corrected chi connectivity index (χ0v) is 15.6. The summed E-state index contributed by atoms with van der Waals surface area (Å²) in [4.78, 5) is 8.91. The van der Waals surface area contributed by atoms with Gasteiger partial charge in [-0.15, -0.1) is 0 Å². The van der Waals surface area contributed by atoms with Gasteiger partial charge in [0.15, 0.2) is 5.96 Å². The first kappa shape index (κ1) is 19.5. The molecule has 0 bridgehead atoms. The molecule has 5 nitrogen and oxygen atoms in total. The zero-order chi connectivity index (χ0) is 19.8. The number of aromatic nitrogens is 1. The van der Waals surface area contributed by atoms with E-state index in [-0.39, 0.29) is 0 Å². The Hall–Kier alpha value is -3.22. The zero-order valence-electron chi connectivity index (χ0n) is 15.6. The van der Waals surface area contributed by atoms with Gasteiger partial charge in [-0.05, 0) is 49.2 Å². The second-order valence-corrected chi connectivity index (χ2v) is 6.12. The van der Waals surface area contributed by atoms with Crippen LogP contribution in [-0.4, -0.2) is 24.0 Å². The van der Waals surface area contributed by atoms with Crippen LogP contribution in [-0.2, 0) is 13.0 Å². The summed E-state index contributed by atoms with van der Waals surface area (Å²) in [5.74, 6) is 0.257. The highest BCUT2D eigenvalue weighted by atomic mass is 19.1. The van der Waals surface area contributed by atoms with Crippen molar-refractivity contribution >= 4 is 5.96 Å². The van der Waals surface area contributed by atoms with Gasteiger partial charge in [0, 0.05) is 18.7 Å². The number of halogens is 2. The molecule has 2 N–H and O–H groups in total. The molecule has 3 rings (SSSR count). The van der Waals surface area contributed by atoms with E-state index in [4.69, 9.17) is 4.42 Å². The number of hydrogen-bond acceptors (Lipinski definition) is 3. The standard InChI is InChI=1S/C21H22F2N4O/c1-2-24-21(25-11-10-16-12-17(22)8-9-19(16)23)26-13-18-14-28-20(27-18)15-6-4-3-5-7-15/h3-9,12,14H,2,10-11,13H2,1H3,(H2,24,25,26). The van der Waals surface area contributed by atoms with Crippen LogP contribution in [0.25, 0.3) is 11.5 Å². The lowest BCUT2D eigenvalue weighted by atomic mass is 10.1. The molecule has 7 heteroatoms. The maximum absolute atomic E-state index is 13.7. The summed E-state index contributed by atoms with van der Waals surface area (Å²) in [6, 6.07) is 13.1. The number of nitrogens with one attached hydrogen (secondary N) is 2. The van der Waals surface area contributed by atoms with Crippen LogP contribution in [0.5, 0.6) is 0 Å². The van der Waals surface area contributed by atoms with Crippen LogP contribution in [0.4, 0.5) is 8.78 Å². The molecule has 0 fully saturated rings. The summed E-state index contributed by atoms with van der Waals surface area (Å²) in [6.07, 6.45) is 1.92. The van der Waals surface area contributed by atoms with Crippen molar-refractivity contribution in [3.8, 4) is 11.5 Å². The van der Waals surface area contributed by atoms with Crippen LogP contribution in [0.1, 0.15) is 18.2 Å². The van der Waals surface area contributed by atoms with E-state index in [2.05, 4.69) is 20.6 Å². The maximum Gasteiger partial charge on any atom is 0.226 e. The van der Waals surface area contributed by atoms with Crippen molar-refractivity contribution in [2.24, 2.45) is 4.99 Å². The first-order chi connectivity index (χ1) is 13.7. The van der Waals surface area contributed by atoms with Gasteiger partial charge in [-0.3, -0.25) is 0 Å². The number of rotatable bonds is 7. The van der Waals surface area contributed by atoms with Crippen LogP contribution in [0, 0.1) is 11.6 Å². The topological polar surface area (TPSA) is 62.5 Å². The SMILES string of the molecule is CCNC(=NCc1coc(-c2ccccc2)n1)NCCc1cc(F)ccc1F. The van der Waals surface area contributed by atoms with Gasteiger partial charge < -0.3 is 15.1 Å². The molecule has 146 valence electrons. The third-order valence-corrected chi connectivity index (χ3v) is 4.01. The second kappa shape index (κ2) is 9.64. The second-order valence-electron chi connectivity index (χ2n) is 6.12. The van der Waals surface area contributed by atoms with Crippen LogP contribution >= 0.6 is 0 Å². The molecule has 3 aromatic rings. The summed E-state index contributed by atoms with van der Waals surface area (Å²) in [7, 11) is 0. The minimum atomic E-state index is -0.447. The maximum atomic E-state index is 13.7. The van der Waals surface area contributed by atoms with E-state index in [9.17, 15) is 8.78 Å². The van der Waals surface area contributed by atoms with E-state index in [1.165, 1.54) is 6.07 Å². The molecular formula is C21H22F2N4O.